The number of nitrogens with zero attached hydrogens (tertiary/aromatic N) is 1. The first-order chi connectivity index (χ1) is 9.65. The van der Waals surface area contributed by atoms with Crippen molar-refractivity contribution in [3.8, 4) is 0 Å². The molecule has 20 heavy (non-hydrogen) atoms. The van der Waals surface area contributed by atoms with Gasteiger partial charge in [-0.25, -0.2) is 0 Å². The predicted molar refractivity (Wildman–Crippen MR) is 86.6 cm³/mol. The quantitative estimate of drug-likeness (QED) is 0.850. The van der Waals surface area contributed by atoms with E-state index in [1.54, 1.807) is 0 Å². The number of nitrogens with two attached hydrogens (primary N) is 1. The number of benzene rings is 1. The maximum absolute atomic E-state index is 6.64. The Morgan fingerprint density at radius 2 is 1.75 bits per heavy atom. The molecule has 112 valence electrons. The smallest absolute Gasteiger partial charge is 0.0455 e. The summed E-state index contributed by atoms with van der Waals surface area (Å²) in [7, 11) is 0. The fourth-order valence-electron chi connectivity index (χ4n) is 3.82. The predicted octanol–water partition coefficient (Wildman–Crippen LogP) is 3.98. The summed E-state index contributed by atoms with van der Waals surface area (Å²) in [6.07, 6.45) is 5.45. The van der Waals surface area contributed by atoms with Crippen LogP contribution >= 0.6 is 0 Å². The maximum atomic E-state index is 6.64. The molecular formula is C18H30N2. The van der Waals surface area contributed by atoms with E-state index in [0.717, 1.165) is 12.6 Å². The molecule has 0 spiro atoms. The standard InChI is InChI=1S/C18H30N2/c1-4-20(16-12-8-9-13-16)18(14(2)3)17(19)15-10-6-5-7-11-15/h5-7,10-11,14,16-18H,4,8-9,12-13,19H2,1-3H3. The van der Waals surface area contributed by atoms with Gasteiger partial charge in [-0.05, 0) is 30.9 Å². The minimum Gasteiger partial charge on any atom is -0.323 e. The van der Waals surface area contributed by atoms with Gasteiger partial charge in [-0.15, -0.1) is 0 Å². The zero-order valence-electron chi connectivity index (χ0n) is 13.3. The first-order valence-corrected chi connectivity index (χ1v) is 8.21. The van der Waals surface area contributed by atoms with Crippen molar-refractivity contribution >= 4 is 0 Å². The van der Waals surface area contributed by atoms with Gasteiger partial charge in [0.15, 0.2) is 0 Å². The van der Waals surface area contributed by atoms with Gasteiger partial charge in [-0.1, -0.05) is 63.9 Å². The van der Waals surface area contributed by atoms with Crippen LogP contribution in [0.3, 0.4) is 0 Å². The largest absolute Gasteiger partial charge is 0.323 e. The van der Waals surface area contributed by atoms with E-state index in [-0.39, 0.29) is 6.04 Å². The van der Waals surface area contributed by atoms with E-state index in [1.165, 1.54) is 31.2 Å². The Bertz CT molecular complexity index is 382. The van der Waals surface area contributed by atoms with Crippen molar-refractivity contribution in [2.45, 2.75) is 64.6 Å². The van der Waals surface area contributed by atoms with Crippen LogP contribution < -0.4 is 5.73 Å². The summed E-state index contributed by atoms with van der Waals surface area (Å²) in [5, 5.41) is 0. The van der Waals surface area contributed by atoms with Crippen LogP contribution in [0.15, 0.2) is 30.3 Å². The van der Waals surface area contributed by atoms with Crippen molar-refractivity contribution in [3.05, 3.63) is 35.9 Å². The van der Waals surface area contributed by atoms with Gasteiger partial charge in [-0.3, -0.25) is 4.90 Å². The minimum absolute atomic E-state index is 0.108. The van der Waals surface area contributed by atoms with Gasteiger partial charge in [0.2, 0.25) is 0 Å². The average Bonchev–Trinajstić information content (AvgIpc) is 2.98. The van der Waals surface area contributed by atoms with Crippen molar-refractivity contribution in [2.24, 2.45) is 11.7 Å². The Hall–Kier alpha value is -0.860. The highest BCUT2D eigenvalue weighted by molar-refractivity contribution is 5.20. The molecule has 0 bridgehead atoms. The molecule has 2 heteroatoms. The molecule has 2 N–H and O–H groups in total. The van der Waals surface area contributed by atoms with Crippen LogP contribution in [0.25, 0.3) is 0 Å². The summed E-state index contributed by atoms with van der Waals surface area (Å²) in [5.41, 5.74) is 7.91. The summed E-state index contributed by atoms with van der Waals surface area (Å²) in [4.78, 5) is 2.68. The van der Waals surface area contributed by atoms with Gasteiger partial charge in [-0.2, -0.15) is 0 Å². The van der Waals surface area contributed by atoms with Gasteiger partial charge in [0.05, 0.1) is 0 Å². The number of hydrogen-bond acceptors (Lipinski definition) is 2. The Morgan fingerprint density at radius 3 is 2.25 bits per heavy atom. The molecule has 1 fully saturated rings. The summed E-state index contributed by atoms with van der Waals surface area (Å²) in [6, 6.07) is 11.9. The molecule has 1 aromatic rings. The third kappa shape index (κ3) is 3.42. The van der Waals surface area contributed by atoms with E-state index in [2.05, 4.69) is 56.0 Å². The van der Waals surface area contributed by atoms with Crippen molar-refractivity contribution in [2.75, 3.05) is 6.54 Å². The van der Waals surface area contributed by atoms with Gasteiger partial charge >= 0.3 is 0 Å². The molecule has 0 aromatic heterocycles. The highest BCUT2D eigenvalue weighted by Crippen LogP contribution is 2.31. The molecule has 2 nitrogen and oxygen atoms in total. The number of likely N-dealkylation sites (N-methyl/N-ethyl adjacent to an activating group) is 1. The Kier molecular flexibility index (Phi) is 5.62. The van der Waals surface area contributed by atoms with E-state index >= 15 is 0 Å². The lowest BCUT2D eigenvalue weighted by atomic mass is 9.89. The highest BCUT2D eigenvalue weighted by atomic mass is 15.2. The molecule has 0 heterocycles. The Labute approximate surface area is 124 Å². The second-order valence-electron chi connectivity index (χ2n) is 6.44. The third-order valence-electron chi connectivity index (χ3n) is 4.78. The summed E-state index contributed by atoms with van der Waals surface area (Å²) >= 11 is 0. The van der Waals surface area contributed by atoms with Crippen LogP contribution in [0, 0.1) is 5.92 Å². The van der Waals surface area contributed by atoms with Crippen LogP contribution in [-0.2, 0) is 0 Å². The molecule has 1 saturated carbocycles. The van der Waals surface area contributed by atoms with Gasteiger partial charge in [0, 0.05) is 18.1 Å². The van der Waals surface area contributed by atoms with Gasteiger partial charge < -0.3 is 5.73 Å². The monoisotopic (exact) mass is 274 g/mol. The molecule has 0 amide bonds. The Morgan fingerprint density at radius 1 is 1.15 bits per heavy atom. The molecule has 2 atom stereocenters. The second-order valence-corrected chi connectivity index (χ2v) is 6.44. The molecule has 2 unspecified atom stereocenters. The molecular weight excluding hydrogens is 244 g/mol. The third-order valence-corrected chi connectivity index (χ3v) is 4.78. The lowest BCUT2D eigenvalue weighted by Crippen LogP contribution is -2.50. The lowest BCUT2D eigenvalue weighted by Gasteiger charge is -2.41. The van der Waals surface area contributed by atoms with E-state index in [0.29, 0.717) is 12.0 Å². The van der Waals surface area contributed by atoms with Crippen molar-refractivity contribution in [1.29, 1.82) is 0 Å². The van der Waals surface area contributed by atoms with Crippen molar-refractivity contribution < 1.29 is 0 Å². The van der Waals surface area contributed by atoms with Crippen LogP contribution in [0.1, 0.15) is 58.1 Å². The number of hydrogen-bond donors (Lipinski definition) is 1. The Balaban J connectivity index is 2.20. The topological polar surface area (TPSA) is 29.3 Å². The molecule has 0 radical (unpaired) electrons. The van der Waals surface area contributed by atoms with Crippen molar-refractivity contribution in [1.82, 2.24) is 4.90 Å². The molecule has 1 aromatic carbocycles. The van der Waals surface area contributed by atoms with Gasteiger partial charge in [0.1, 0.15) is 0 Å². The van der Waals surface area contributed by atoms with E-state index in [4.69, 9.17) is 5.73 Å². The van der Waals surface area contributed by atoms with Crippen LogP contribution in [0.2, 0.25) is 0 Å². The van der Waals surface area contributed by atoms with Crippen LogP contribution in [0.4, 0.5) is 0 Å². The van der Waals surface area contributed by atoms with E-state index < -0.39 is 0 Å². The summed E-state index contributed by atoms with van der Waals surface area (Å²) < 4.78 is 0. The lowest BCUT2D eigenvalue weighted by molar-refractivity contribution is 0.0899. The fourth-order valence-corrected chi connectivity index (χ4v) is 3.82. The average molecular weight is 274 g/mol. The molecule has 0 aliphatic heterocycles. The molecule has 1 aliphatic carbocycles. The molecule has 1 aliphatic rings. The van der Waals surface area contributed by atoms with Gasteiger partial charge in [0.25, 0.3) is 0 Å². The van der Waals surface area contributed by atoms with Crippen molar-refractivity contribution in [3.63, 3.8) is 0 Å². The number of rotatable bonds is 6. The minimum atomic E-state index is 0.108. The fraction of sp³-hybridized carbons (Fsp3) is 0.667. The second kappa shape index (κ2) is 7.24. The molecule has 0 saturated heterocycles. The molecule has 2 rings (SSSR count). The van der Waals surface area contributed by atoms with Crippen LogP contribution in [-0.4, -0.2) is 23.5 Å². The highest BCUT2D eigenvalue weighted by Gasteiger charge is 2.33. The van der Waals surface area contributed by atoms with Crippen LogP contribution in [0.5, 0.6) is 0 Å². The first-order valence-electron chi connectivity index (χ1n) is 8.21. The van der Waals surface area contributed by atoms with E-state index in [9.17, 15) is 0 Å². The normalized spacial score (nSPS) is 19.7. The SMILES string of the molecule is CCN(C1CCCC1)C(C(C)C)C(N)c1ccccc1. The summed E-state index contributed by atoms with van der Waals surface area (Å²) in [5.74, 6) is 0.575. The zero-order valence-corrected chi connectivity index (χ0v) is 13.3. The zero-order chi connectivity index (χ0) is 14.5. The maximum Gasteiger partial charge on any atom is 0.0455 e. The first kappa shape index (κ1) is 15.5. The summed E-state index contributed by atoms with van der Waals surface area (Å²) in [6.45, 7) is 8.01. The van der Waals surface area contributed by atoms with E-state index in [1.807, 2.05) is 0 Å².